The number of para-hydroxylation sites is 1. The number of nitrogens with one attached hydrogen (secondary N) is 1. The molecule has 0 heterocycles. The zero-order valence-corrected chi connectivity index (χ0v) is 12.4. The van der Waals surface area contributed by atoms with Crippen molar-refractivity contribution in [3.63, 3.8) is 0 Å². The second-order valence-electron chi connectivity index (χ2n) is 6.02. The Balaban J connectivity index is 2.61. The van der Waals surface area contributed by atoms with Crippen molar-refractivity contribution in [2.75, 3.05) is 13.2 Å². The second kappa shape index (κ2) is 7.36. The first-order chi connectivity index (χ1) is 9.36. The minimum absolute atomic E-state index is 0.0470. The molecule has 1 rings (SSSR count). The monoisotopic (exact) mass is 280 g/mol. The summed E-state index contributed by atoms with van der Waals surface area (Å²) >= 11 is 0. The van der Waals surface area contributed by atoms with Gasteiger partial charge in [-0.2, -0.15) is 0 Å². The fourth-order valence-corrected chi connectivity index (χ4v) is 2.25. The van der Waals surface area contributed by atoms with Crippen LogP contribution in [0.4, 0.5) is 5.69 Å². The Labute approximate surface area is 120 Å². The molecule has 5 heteroatoms. The standard InChI is InChI=1S/C15H24N2O3/c1-15(2,3)14(9-11-18)16-10-8-12-6-4-5-7-13(12)17(19)20/h4-7,14,16,18H,8-11H2,1-3H3. The van der Waals surface area contributed by atoms with Crippen LogP contribution >= 0.6 is 0 Å². The van der Waals surface area contributed by atoms with E-state index in [9.17, 15) is 10.1 Å². The lowest BCUT2D eigenvalue weighted by atomic mass is 9.85. The summed E-state index contributed by atoms with van der Waals surface area (Å²) in [5.74, 6) is 0. The Hall–Kier alpha value is -1.46. The van der Waals surface area contributed by atoms with Crippen LogP contribution in [0, 0.1) is 15.5 Å². The lowest BCUT2D eigenvalue weighted by Gasteiger charge is -2.31. The number of nitro groups is 1. The zero-order valence-electron chi connectivity index (χ0n) is 12.4. The summed E-state index contributed by atoms with van der Waals surface area (Å²) in [6, 6.07) is 7.01. The van der Waals surface area contributed by atoms with Gasteiger partial charge in [0.2, 0.25) is 0 Å². The van der Waals surface area contributed by atoms with Gasteiger partial charge in [-0.1, -0.05) is 39.0 Å². The van der Waals surface area contributed by atoms with Crippen molar-refractivity contribution in [1.29, 1.82) is 0 Å². The van der Waals surface area contributed by atoms with Gasteiger partial charge in [-0.05, 0) is 24.8 Å². The van der Waals surface area contributed by atoms with Gasteiger partial charge in [-0.25, -0.2) is 0 Å². The third kappa shape index (κ3) is 4.90. The number of rotatable bonds is 7. The van der Waals surface area contributed by atoms with Crippen LogP contribution < -0.4 is 5.32 Å². The molecule has 0 radical (unpaired) electrons. The molecule has 0 aliphatic carbocycles. The van der Waals surface area contributed by atoms with Crippen LogP contribution in [-0.4, -0.2) is 29.2 Å². The van der Waals surface area contributed by atoms with Gasteiger partial charge < -0.3 is 10.4 Å². The lowest BCUT2D eigenvalue weighted by Crippen LogP contribution is -2.41. The van der Waals surface area contributed by atoms with E-state index in [1.807, 2.05) is 6.07 Å². The van der Waals surface area contributed by atoms with Crippen molar-refractivity contribution < 1.29 is 10.0 Å². The van der Waals surface area contributed by atoms with Gasteiger partial charge in [0.15, 0.2) is 0 Å². The second-order valence-corrected chi connectivity index (χ2v) is 6.02. The molecular formula is C15H24N2O3. The van der Waals surface area contributed by atoms with Gasteiger partial charge in [0.1, 0.15) is 0 Å². The summed E-state index contributed by atoms with van der Waals surface area (Å²) in [4.78, 5) is 10.6. The third-order valence-electron chi connectivity index (χ3n) is 3.44. The van der Waals surface area contributed by atoms with E-state index >= 15 is 0 Å². The Bertz CT molecular complexity index is 441. The molecule has 1 atom stereocenters. The van der Waals surface area contributed by atoms with E-state index in [0.29, 0.717) is 19.4 Å². The molecule has 0 fully saturated rings. The average Bonchev–Trinajstić information content (AvgIpc) is 2.37. The van der Waals surface area contributed by atoms with E-state index in [1.165, 1.54) is 6.07 Å². The maximum Gasteiger partial charge on any atom is 0.272 e. The highest BCUT2D eigenvalue weighted by molar-refractivity contribution is 5.39. The molecule has 2 N–H and O–H groups in total. The predicted molar refractivity (Wildman–Crippen MR) is 79.7 cm³/mol. The first kappa shape index (κ1) is 16.6. The fraction of sp³-hybridized carbons (Fsp3) is 0.600. The minimum Gasteiger partial charge on any atom is -0.396 e. The maximum absolute atomic E-state index is 10.9. The number of aliphatic hydroxyl groups is 1. The van der Waals surface area contributed by atoms with Gasteiger partial charge in [0.25, 0.3) is 5.69 Å². The molecule has 0 aliphatic rings. The molecule has 0 aliphatic heterocycles. The molecule has 112 valence electrons. The summed E-state index contributed by atoms with van der Waals surface area (Å²) in [6.45, 7) is 7.15. The Morgan fingerprint density at radius 2 is 2.00 bits per heavy atom. The van der Waals surface area contributed by atoms with Crippen molar-refractivity contribution in [3.05, 3.63) is 39.9 Å². The molecule has 1 aromatic rings. The van der Waals surface area contributed by atoms with Crippen LogP contribution in [0.25, 0.3) is 0 Å². The smallest absolute Gasteiger partial charge is 0.272 e. The number of nitrogens with zero attached hydrogens (tertiary/aromatic N) is 1. The van der Waals surface area contributed by atoms with Crippen LogP contribution in [0.5, 0.6) is 0 Å². The Morgan fingerprint density at radius 3 is 2.55 bits per heavy atom. The summed E-state index contributed by atoms with van der Waals surface area (Å²) in [5, 5.41) is 23.4. The van der Waals surface area contributed by atoms with Crippen LogP contribution in [0.1, 0.15) is 32.8 Å². The molecule has 0 spiro atoms. The van der Waals surface area contributed by atoms with Crippen molar-refractivity contribution in [2.24, 2.45) is 5.41 Å². The molecule has 0 saturated heterocycles. The maximum atomic E-state index is 10.9. The predicted octanol–water partition coefficient (Wildman–Crippen LogP) is 2.52. The summed E-state index contributed by atoms with van der Waals surface area (Å²) in [5.41, 5.74) is 0.955. The van der Waals surface area contributed by atoms with E-state index in [-0.39, 0.29) is 28.7 Å². The van der Waals surface area contributed by atoms with Crippen LogP contribution in [0.2, 0.25) is 0 Å². The van der Waals surface area contributed by atoms with Crippen molar-refractivity contribution in [2.45, 2.75) is 39.7 Å². The van der Waals surface area contributed by atoms with Crippen molar-refractivity contribution in [1.82, 2.24) is 5.32 Å². The van der Waals surface area contributed by atoms with Gasteiger partial charge in [-0.15, -0.1) is 0 Å². The van der Waals surface area contributed by atoms with Crippen LogP contribution in [-0.2, 0) is 6.42 Å². The van der Waals surface area contributed by atoms with Gasteiger partial charge in [-0.3, -0.25) is 10.1 Å². The highest BCUT2D eigenvalue weighted by atomic mass is 16.6. The summed E-state index contributed by atoms with van der Waals surface area (Å²) in [6.07, 6.45) is 1.29. The van der Waals surface area contributed by atoms with Crippen molar-refractivity contribution >= 4 is 5.69 Å². The number of hydrogen-bond acceptors (Lipinski definition) is 4. The number of benzene rings is 1. The minimum atomic E-state index is -0.343. The Morgan fingerprint density at radius 1 is 1.35 bits per heavy atom. The normalized spacial score (nSPS) is 13.2. The fourth-order valence-electron chi connectivity index (χ4n) is 2.25. The Kier molecular flexibility index (Phi) is 6.10. The van der Waals surface area contributed by atoms with E-state index in [2.05, 4.69) is 26.1 Å². The van der Waals surface area contributed by atoms with Crippen LogP contribution in [0.3, 0.4) is 0 Å². The van der Waals surface area contributed by atoms with Gasteiger partial charge >= 0.3 is 0 Å². The number of hydrogen-bond donors (Lipinski definition) is 2. The van der Waals surface area contributed by atoms with Gasteiger partial charge in [0, 0.05) is 24.3 Å². The molecule has 5 nitrogen and oxygen atoms in total. The molecule has 0 saturated carbocycles. The average molecular weight is 280 g/mol. The lowest BCUT2D eigenvalue weighted by molar-refractivity contribution is -0.385. The molecule has 0 aromatic heterocycles. The van der Waals surface area contributed by atoms with E-state index < -0.39 is 0 Å². The first-order valence-electron chi connectivity index (χ1n) is 6.93. The molecule has 20 heavy (non-hydrogen) atoms. The SMILES string of the molecule is CC(C)(C)C(CCO)NCCc1ccccc1[N+](=O)[O-]. The van der Waals surface area contributed by atoms with E-state index in [1.54, 1.807) is 12.1 Å². The zero-order chi connectivity index (χ0) is 15.2. The largest absolute Gasteiger partial charge is 0.396 e. The molecular weight excluding hydrogens is 256 g/mol. The van der Waals surface area contributed by atoms with Crippen molar-refractivity contribution in [3.8, 4) is 0 Å². The molecule has 0 amide bonds. The summed E-state index contributed by atoms with van der Waals surface area (Å²) < 4.78 is 0. The number of nitro benzene ring substituents is 1. The quantitative estimate of drug-likeness (QED) is 0.594. The third-order valence-corrected chi connectivity index (χ3v) is 3.44. The van der Waals surface area contributed by atoms with E-state index in [4.69, 9.17) is 5.11 Å². The molecule has 1 unspecified atom stereocenters. The summed E-state index contributed by atoms with van der Waals surface area (Å²) in [7, 11) is 0. The highest BCUT2D eigenvalue weighted by Crippen LogP contribution is 2.22. The van der Waals surface area contributed by atoms with Gasteiger partial charge in [0.05, 0.1) is 4.92 Å². The molecule has 0 bridgehead atoms. The topological polar surface area (TPSA) is 75.4 Å². The van der Waals surface area contributed by atoms with Crippen LogP contribution in [0.15, 0.2) is 24.3 Å². The molecule has 1 aromatic carbocycles. The van der Waals surface area contributed by atoms with E-state index in [0.717, 1.165) is 5.56 Å². The highest BCUT2D eigenvalue weighted by Gasteiger charge is 2.23. The first-order valence-corrected chi connectivity index (χ1v) is 6.93. The number of aliphatic hydroxyl groups excluding tert-OH is 1.